The second-order valence-electron chi connectivity index (χ2n) is 2.94. The maximum absolute atomic E-state index is 13.0. The molecule has 4 heteroatoms. The number of rotatable bonds is 0. The Labute approximate surface area is 73.8 Å². The summed E-state index contributed by atoms with van der Waals surface area (Å²) in [6, 6.07) is 2.60. The number of hydrogen-bond acceptors (Lipinski definition) is 2. The molecule has 0 atom stereocenters. The summed E-state index contributed by atoms with van der Waals surface area (Å²) in [5.74, 6) is -1.96. The van der Waals surface area contributed by atoms with Gasteiger partial charge in [-0.2, -0.15) is 4.39 Å². The summed E-state index contributed by atoms with van der Waals surface area (Å²) >= 11 is 0. The SMILES string of the molecule is CC1=NOc2c(ccc(F)c2F)C1. The van der Waals surface area contributed by atoms with Crippen molar-refractivity contribution in [1.82, 2.24) is 0 Å². The fraction of sp³-hybridized carbons (Fsp3) is 0.222. The molecule has 0 radical (unpaired) electrons. The first-order valence-electron chi connectivity index (χ1n) is 3.86. The molecule has 0 amide bonds. The first-order chi connectivity index (χ1) is 6.18. The first kappa shape index (κ1) is 8.16. The van der Waals surface area contributed by atoms with E-state index in [0.29, 0.717) is 12.0 Å². The molecule has 1 aliphatic rings. The van der Waals surface area contributed by atoms with Crippen LogP contribution in [0.1, 0.15) is 12.5 Å². The maximum Gasteiger partial charge on any atom is 0.204 e. The second-order valence-corrected chi connectivity index (χ2v) is 2.94. The van der Waals surface area contributed by atoms with Crippen molar-refractivity contribution < 1.29 is 13.6 Å². The fourth-order valence-corrected chi connectivity index (χ4v) is 1.24. The summed E-state index contributed by atoms with van der Waals surface area (Å²) in [7, 11) is 0. The normalized spacial score (nSPS) is 14.5. The number of benzene rings is 1. The van der Waals surface area contributed by atoms with Gasteiger partial charge in [-0.15, -0.1) is 0 Å². The lowest BCUT2D eigenvalue weighted by Crippen LogP contribution is -2.10. The Morgan fingerprint density at radius 2 is 2.15 bits per heavy atom. The second kappa shape index (κ2) is 2.80. The van der Waals surface area contributed by atoms with Gasteiger partial charge < -0.3 is 4.84 Å². The molecule has 1 aliphatic heterocycles. The largest absolute Gasteiger partial charge is 0.354 e. The summed E-state index contributed by atoms with van der Waals surface area (Å²) in [5, 5.41) is 3.58. The number of halogens is 2. The van der Waals surface area contributed by atoms with Gasteiger partial charge in [0.2, 0.25) is 5.82 Å². The Hall–Kier alpha value is -1.45. The summed E-state index contributed by atoms with van der Waals surface area (Å²) < 4.78 is 25.7. The zero-order valence-electron chi connectivity index (χ0n) is 6.97. The van der Waals surface area contributed by atoms with Crippen LogP contribution in [0.15, 0.2) is 17.3 Å². The summed E-state index contributed by atoms with van der Waals surface area (Å²) in [6.07, 6.45) is 0.506. The van der Waals surface area contributed by atoms with E-state index >= 15 is 0 Å². The molecule has 68 valence electrons. The molecule has 0 saturated carbocycles. The van der Waals surface area contributed by atoms with E-state index in [0.717, 1.165) is 11.8 Å². The van der Waals surface area contributed by atoms with Gasteiger partial charge in [0, 0.05) is 12.0 Å². The highest BCUT2D eigenvalue weighted by Gasteiger charge is 2.19. The van der Waals surface area contributed by atoms with Crippen molar-refractivity contribution >= 4 is 5.71 Å². The van der Waals surface area contributed by atoms with Crippen molar-refractivity contribution in [1.29, 1.82) is 0 Å². The van der Waals surface area contributed by atoms with E-state index < -0.39 is 11.6 Å². The van der Waals surface area contributed by atoms with Crippen LogP contribution in [-0.4, -0.2) is 5.71 Å². The molecule has 2 nitrogen and oxygen atoms in total. The molecule has 2 rings (SSSR count). The molecule has 1 heterocycles. The molecule has 1 aromatic carbocycles. The Balaban J connectivity index is 2.53. The van der Waals surface area contributed by atoms with Crippen LogP contribution < -0.4 is 4.84 Å². The molecule has 0 unspecified atom stereocenters. The lowest BCUT2D eigenvalue weighted by atomic mass is 10.1. The Kier molecular flexibility index (Phi) is 1.76. The van der Waals surface area contributed by atoms with Crippen LogP contribution in [0.4, 0.5) is 8.78 Å². The highest BCUT2D eigenvalue weighted by molar-refractivity contribution is 5.85. The highest BCUT2D eigenvalue weighted by Crippen LogP contribution is 2.28. The highest BCUT2D eigenvalue weighted by atomic mass is 19.2. The summed E-state index contributed by atoms with van der Waals surface area (Å²) in [6.45, 7) is 1.77. The van der Waals surface area contributed by atoms with Gasteiger partial charge in [-0.1, -0.05) is 11.2 Å². The van der Waals surface area contributed by atoms with Crippen LogP contribution in [0.3, 0.4) is 0 Å². The molecular formula is C9H7F2NO. The third kappa shape index (κ3) is 1.28. The van der Waals surface area contributed by atoms with Gasteiger partial charge in [-0.25, -0.2) is 4.39 Å². The lowest BCUT2D eigenvalue weighted by molar-refractivity contribution is 0.303. The van der Waals surface area contributed by atoms with Gasteiger partial charge in [0.05, 0.1) is 5.71 Å². The minimum atomic E-state index is -0.964. The number of hydrogen-bond donors (Lipinski definition) is 0. The monoisotopic (exact) mass is 183 g/mol. The molecule has 0 saturated heterocycles. The third-order valence-electron chi connectivity index (χ3n) is 1.87. The predicted molar refractivity (Wildman–Crippen MR) is 43.8 cm³/mol. The quantitative estimate of drug-likeness (QED) is 0.604. The van der Waals surface area contributed by atoms with E-state index in [4.69, 9.17) is 4.84 Å². The standard InChI is InChI=1S/C9H7F2NO/c1-5-4-6-2-3-7(10)8(11)9(6)13-12-5/h2-3H,4H2,1H3. The molecule has 1 aromatic rings. The van der Waals surface area contributed by atoms with Crippen molar-refractivity contribution in [2.45, 2.75) is 13.3 Å². The van der Waals surface area contributed by atoms with E-state index in [1.165, 1.54) is 6.07 Å². The van der Waals surface area contributed by atoms with Gasteiger partial charge in [-0.3, -0.25) is 0 Å². The van der Waals surface area contributed by atoms with E-state index in [1.807, 2.05) is 0 Å². The van der Waals surface area contributed by atoms with Crippen LogP contribution in [-0.2, 0) is 6.42 Å². The molecule has 0 bridgehead atoms. The number of nitrogens with zero attached hydrogens (tertiary/aromatic N) is 1. The minimum absolute atomic E-state index is 0.0920. The number of oxime groups is 1. The zero-order chi connectivity index (χ0) is 9.42. The van der Waals surface area contributed by atoms with E-state index in [-0.39, 0.29) is 5.75 Å². The van der Waals surface area contributed by atoms with Crippen molar-refractivity contribution in [2.24, 2.45) is 5.16 Å². The van der Waals surface area contributed by atoms with Gasteiger partial charge in [-0.05, 0) is 13.0 Å². The van der Waals surface area contributed by atoms with E-state index in [9.17, 15) is 8.78 Å². The average Bonchev–Trinajstić information content (AvgIpc) is 2.12. The lowest BCUT2D eigenvalue weighted by Gasteiger charge is -2.13. The molecule has 0 aliphatic carbocycles. The third-order valence-corrected chi connectivity index (χ3v) is 1.87. The molecule has 0 N–H and O–H groups in total. The van der Waals surface area contributed by atoms with E-state index in [2.05, 4.69) is 5.16 Å². The molecule has 0 spiro atoms. The summed E-state index contributed by atoms with van der Waals surface area (Å²) in [5.41, 5.74) is 1.38. The zero-order valence-corrected chi connectivity index (χ0v) is 6.97. The van der Waals surface area contributed by atoms with Crippen molar-refractivity contribution in [2.75, 3.05) is 0 Å². The predicted octanol–water partition coefficient (Wildman–Crippen LogP) is 2.28. The van der Waals surface area contributed by atoms with Crippen LogP contribution in [0.2, 0.25) is 0 Å². The van der Waals surface area contributed by atoms with Crippen molar-refractivity contribution in [3.05, 3.63) is 29.3 Å². The number of fused-ring (bicyclic) bond motifs is 1. The first-order valence-corrected chi connectivity index (χ1v) is 3.86. The smallest absolute Gasteiger partial charge is 0.204 e. The topological polar surface area (TPSA) is 21.6 Å². The Morgan fingerprint density at radius 1 is 1.38 bits per heavy atom. The van der Waals surface area contributed by atoms with Gasteiger partial charge in [0.25, 0.3) is 0 Å². The van der Waals surface area contributed by atoms with Gasteiger partial charge in [0.1, 0.15) is 0 Å². The van der Waals surface area contributed by atoms with Crippen LogP contribution in [0, 0.1) is 11.6 Å². The minimum Gasteiger partial charge on any atom is -0.354 e. The molecule has 13 heavy (non-hydrogen) atoms. The van der Waals surface area contributed by atoms with Gasteiger partial charge >= 0.3 is 0 Å². The Morgan fingerprint density at radius 3 is 2.92 bits per heavy atom. The molecule has 0 aromatic heterocycles. The Bertz CT molecular complexity index is 387. The van der Waals surface area contributed by atoms with Crippen LogP contribution in [0.25, 0.3) is 0 Å². The maximum atomic E-state index is 13.0. The van der Waals surface area contributed by atoms with Crippen LogP contribution >= 0.6 is 0 Å². The summed E-state index contributed by atoms with van der Waals surface area (Å²) in [4.78, 5) is 4.72. The fourth-order valence-electron chi connectivity index (χ4n) is 1.24. The van der Waals surface area contributed by atoms with Crippen molar-refractivity contribution in [3.8, 4) is 5.75 Å². The van der Waals surface area contributed by atoms with E-state index in [1.54, 1.807) is 6.92 Å². The van der Waals surface area contributed by atoms with Crippen LogP contribution in [0.5, 0.6) is 5.75 Å². The van der Waals surface area contributed by atoms with Gasteiger partial charge in [0.15, 0.2) is 11.6 Å². The molecule has 0 fully saturated rings. The average molecular weight is 183 g/mol. The molecular weight excluding hydrogens is 176 g/mol. The van der Waals surface area contributed by atoms with Crippen molar-refractivity contribution in [3.63, 3.8) is 0 Å².